The molecular formula is C60H62F4K2N12O11UV. The van der Waals surface area contributed by atoms with Crippen molar-refractivity contribution in [3.05, 3.63) is 144 Å². The Morgan fingerprint density at radius 3 is 1.41 bits per heavy atom. The van der Waals surface area contributed by atoms with Crippen molar-refractivity contribution >= 4 is 161 Å². The molecule has 2 saturated carbocycles. The number of carbonyl (C=O) groups excluding carboxylic acids is 5. The molecule has 23 nitrogen and oxygen atoms in total. The first-order valence-corrected chi connectivity index (χ1v) is 27.2. The molecule has 10 rings (SSSR count). The number of aromatic carboxylic acids is 1. The van der Waals surface area contributed by atoms with Crippen molar-refractivity contribution in [2.24, 2.45) is 11.8 Å². The molecule has 0 atom stereocenters. The number of carboxylic acids is 1. The minimum absolute atomic E-state index is 0. The minimum Gasteiger partial charge on any atom is -0.476 e. The summed E-state index contributed by atoms with van der Waals surface area (Å²) < 4.78 is 76.9. The van der Waals surface area contributed by atoms with Gasteiger partial charge in [0.05, 0.1) is 35.1 Å². The van der Waals surface area contributed by atoms with Gasteiger partial charge in [-0.3, -0.25) is 24.2 Å². The molecule has 6 aromatic heterocycles. The Kier molecular flexibility index (Phi) is 29.5. The third-order valence-corrected chi connectivity index (χ3v) is 12.8. The molecule has 4 N–H and O–H groups in total. The van der Waals surface area contributed by atoms with Gasteiger partial charge in [0.1, 0.15) is 35.4 Å². The second kappa shape index (κ2) is 34.3. The van der Waals surface area contributed by atoms with E-state index in [0.717, 1.165) is 38.2 Å². The third kappa shape index (κ3) is 22.5. The SMILES string of the molecule is CC(=O)c1ccc(-n2cc(N)c(C(F)F)n2)cc1.CC(=O)c1ccc(-n2cc(NC(=O)c3coc(-c4ccnc(N(CC5CC5)C(=O)OC(C)(C)C)c4)n3)c(C(F)F)n2)cc1.CC(C)(C)OC(=O)N(CC1CC1)c1cc(-c2nc(C(=O)O)co2)ccn1.[K].[K].[U].[V]. The van der Waals surface area contributed by atoms with Gasteiger partial charge in [0.15, 0.2) is 34.3 Å². The van der Waals surface area contributed by atoms with Crippen LogP contribution in [0.25, 0.3) is 34.3 Å². The van der Waals surface area contributed by atoms with Crippen molar-refractivity contribution < 1.29 is 119 Å². The number of carbonyl (C=O) groups is 6. The number of anilines is 4. The summed E-state index contributed by atoms with van der Waals surface area (Å²) in [5, 5.41) is 19.0. The van der Waals surface area contributed by atoms with Gasteiger partial charge in [-0.1, -0.05) is 0 Å². The van der Waals surface area contributed by atoms with Crippen molar-refractivity contribution in [2.45, 2.75) is 105 Å². The third-order valence-electron chi connectivity index (χ3n) is 12.8. The van der Waals surface area contributed by atoms with E-state index >= 15 is 0 Å². The predicted octanol–water partition coefficient (Wildman–Crippen LogP) is 11.9. The van der Waals surface area contributed by atoms with Gasteiger partial charge in [-0.2, -0.15) is 10.2 Å². The van der Waals surface area contributed by atoms with Crippen LogP contribution in [0.1, 0.15) is 147 Å². The second-order valence-electron chi connectivity index (χ2n) is 22.3. The number of oxazole rings is 2. The van der Waals surface area contributed by atoms with Crippen molar-refractivity contribution in [1.29, 1.82) is 0 Å². The van der Waals surface area contributed by atoms with Gasteiger partial charge in [0, 0.05) is 200 Å². The number of nitrogens with two attached hydrogens (primary N) is 1. The maximum absolute atomic E-state index is 13.8. The van der Waals surface area contributed by atoms with Gasteiger partial charge >= 0.3 is 18.2 Å². The number of hydrogen-bond donors (Lipinski definition) is 3. The van der Waals surface area contributed by atoms with Gasteiger partial charge in [0.25, 0.3) is 18.8 Å². The molecule has 0 unspecified atom stereocenters. The number of nitrogens with zero attached hydrogens (tertiary/aromatic N) is 10. The Morgan fingerprint density at radius 2 is 1.04 bits per heavy atom. The molecule has 31 heteroatoms. The van der Waals surface area contributed by atoms with E-state index in [-0.39, 0.29) is 199 Å². The normalized spacial score (nSPS) is 12.4. The number of hydrogen-bond acceptors (Lipinski definition) is 17. The minimum atomic E-state index is -2.97. The van der Waals surface area contributed by atoms with E-state index in [4.69, 9.17) is 29.1 Å². The molecule has 0 spiro atoms. The number of nitrogen functional groups attached to an aromatic ring is 1. The molecule has 6 heterocycles. The van der Waals surface area contributed by atoms with Crippen molar-refractivity contribution in [3.63, 3.8) is 0 Å². The first kappa shape index (κ1) is 78.3. The molecule has 467 valence electrons. The van der Waals surface area contributed by atoms with Crippen LogP contribution in [-0.4, -0.2) is 207 Å². The van der Waals surface area contributed by atoms with Crippen LogP contribution in [0.4, 0.5) is 50.2 Å². The number of amides is 3. The number of aromatic nitrogens is 8. The summed E-state index contributed by atoms with van der Waals surface area (Å²) in [4.78, 5) is 91.9. The van der Waals surface area contributed by atoms with Crippen LogP contribution in [0, 0.1) is 42.9 Å². The van der Waals surface area contributed by atoms with Crippen LogP contribution in [0.3, 0.4) is 0 Å². The Hall–Kier alpha value is -5.17. The molecular weight excluding hydrogens is 1510 g/mol. The van der Waals surface area contributed by atoms with E-state index < -0.39 is 59.5 Å². The number of rotatable bonds is 17. The largest absolute Gasteiger partial charge is 0.476 e. The van der Waals surface area contributed by atoms with E-state index in [1.54, 1.807) is 93.6 Å². The summed E-state index contributed by atoms with van der Waals surface area (Å²) in [6.07, 6.45) is 5.27. The van der Waals surface area contributed by atoms with E-state index in [1.807, 2.05) is 20.8 Å². The molecule has 2 aromatic carbocycles. The Bertz CT molecular complexity index is 3810. The number of alkyl halides is 4. The van der Waals surface area contributed by atoms with E-state index in [2.05, 4.69) is 35.5 Å². The molecule has 0 bridgehead atoms. The van der Waals surface area contributed by atoms with Crippen LogP contribution >= 0.6 is 0 Å². The molecule has 0 aliphatic heterocycles. The zero-order valence-electron chi connectivity index (χ0n) is 51.5. The summed E-state index contributed by atoms with van der Waals surface area (Å²) in [5.41, 5.74) is 5.44. The number of pyridine rings is 2. The zero-order chi connectivity index (χ0) is 63.1. The quantitative estimate of drug-likeness (QED) is 0.0433. The zero-order valence-corrected chi connectivity index (χ0v) is 63.3. The molecule has 3 radical (unpaired) electrons. The fraction of sp³-hybridized carbons (Fsp3) is 0.333. The molecule has 0 saturated heterocycles. The Labute approximate surface area is 641 Å². The van der Waals surface area contributed by atoms with Crippen molar-refractivity contribution in [2.75, 3.05) is 33.9 Å². The van der Waals surface area contributed by atoms with Gasteiger partial charge in [-0.05, 0) is 166 Å². The number of nitrogens with one attached hydrogen (secondary N) is 1. The van der Waals surface area contributed by atoms with E-state index in [9.17, 15) is 46.3 Å². The van der Waals surface area contributed by atoms with Crippen LogP contribution in [0.5, 0.6) is 0 Å². The average Bonchev–Trinajstić information content (AvgIpc) is 2.14. The maximum Gasteiger partial charge on any atom is 0.416 e. The smallest absolute Gasteiger partial charge is 0.416 e. The molecule has 2 fully saturated rings. The number of halogens is 4. The molecule has 91 heavy (non-hydrogen) atoms. The summed E-state index contributed by atoms with van der Waals surface area (Å²) in [6, 6.07) is 19.2. The van der Waals surface area contributed by atoms with E-state index in [1.165, 1.54) is 57.8 Å². The fourth-order valence-corrected chi connectivity index (χ4v) is 8.05. The van der Waals surface area contributed by atoms with Crippen molar-refractivity contribution in [3.8, 4) is 34.3 Å². The monoisotopic (exact) mass is 1570 g/mol. The summed E-state index contributed by atoms with van der Waals surface area (Å²) in [6.45, 7) is 14.6. The molecule has 8 aromatic rings. The number of benzene rings is 2. The summed E-state index contributed by atoms with van der Waals surface area (Å²) in [7, 11) is 0. The van der Waals surface area contributed by atoms with Gasteiger partial charge in [0.2, 0.25) is 11.8 Å². The predicted molar refractivity (Wildman–Crippen MR) is 320 cm³/mol. The van der Waals surface area contributed by atoms with Crippen LogP contribution < -0.4 is 20.9 Å². The summed E-state index contributed by atoms with van der Waals surface area (Å²) >= 11 is 0. The first-order chi connectivity index (χ1) is 41.1. The number of ether oxygens (including phenoxy) is 2. The average molecular weight is 1570 g/mol. The molecule has 2 aliphatic rings. The van der Waals surface area contributed by atoms with Gasteiger partial charge < -0.3 is 34.5 Å². The molecule has 3 amide bonds. The first-order valence-electron chi connectivity index (χ1n) is 27.2. The van der Waals surface area contributed by atoms with Crippen LogP contribution in [0.2, 0.25) is 0 Å². The van der Waals surface area contributed by atoms with Crippen LogP contribution in [-0.2, 0) is 28.0 Å². The van der Waals surface area contributed by atoms with E-state index in [0.29, 0.717) is 70.2 Å². The maximum atomic E-state index is 13.8. The fourth-order valence-electron chi connectivity index (χ4n) is 8.05. The Morgan fingerprint density at radius 1 is 0.648 bits per heavy atom. The van der Waals surface area contributed by atoms with Crippen molar-refractivity contribution in [1.82, 2.24) is 39.5 Å². The number of carboxylic acid groups (broad SMARTS) is 1. The number of ketones is 2. The number of Topliss-reactive ketones (excluding diaryl/α,β-unsaturated/α-hetero) is 2. The van der Waals surface area contributed by atoms with Crippen LogP contribution in [0.15, 0.2) is 119 Å². The van der Waals surface area contributed by atoms with Gasteiger partial charge in [-0.25, -0.2) is 61.2 Å². The Balaban J connectivity index is 0.000000314. The molecule has 2 aliphatic carbocycles. The summed E-state index contributed by atoms with van der Waals surface area (Å²) in [5.74, 6) is -0.379. The second-order valence-corrected chi connectivity index (χ2v) is 22.3. The topological polar surface area (TPSA) is 299 Å². The standard InChI is InChI=1S/C30H30F2N6O5.C18H21N3O5.C12H11F2N3O.2K.U.V/c1-17(39)19-7-9-21(10-8-19)38-15-22(25(36-38)26(31)32)34-27(40)23-16-42-28(35-23)20-11-12-33-24(13-20)37(14-18-5-6-18)29(41)43-30(2,3)4;1-18(2,3)26-17(24)21(9-11-4-5-11)14-8-12(6-7-19-14)15-20-13(10-25-15)16(22)23;1-7(18)8-2-4-9(5-3-8)17-6-10(15)11(16-17)12(13)14;;;;/h7-13,15-16,18,26H,5-6,14H2,1-4H3,(H,34,40);6-8,10-11H,4-5,9H2,1-3H3,(H,22,23);2-6,12H,15H2,1H3;;;;. The van der Waals surface area contributed by atoms with Gasteiger partial charge in [-0.15, -0.1) is 0 Å².